The number of aromatic nitrogens is 4. The molecule has 178 valence electrons. The molecule has 4 rings (SSSR count). The van der Waals surface area contributed by atoms with Gasteiger partial charge in [0.1, 0.15) is 5.75 Å². The molecule has 0 fully saturated rings. The lowest BCUT2D eigenvalue weighted by Gasteiger charge is -2.10. The summed E-state index contributed by atoms with van der Waals surface area (Å²) in [6.07, 6.45) is 1.36. The van der Waals surface area contributed by atoms with Gasteiger partial charge >= 0.3 is 17.3 Å². The number of H-pyrrole nitrogens is 1. The monoisotopic (exact) mass is 473 g/mol. The number of nitrogens with zero attached hydrogens (tertiary/aromatic N) is 4. The Labute approximate surface area is 199 Å². The van der Waals surface area contributed by atoms with Crippen LogP contribution < -0.4 is 21.7 Å². The van der Waals surface area contributed by atoms with E-state index in [4.69, 9.17) is 9.84 Å². The molecular weight excluding hydrogens is 450 g/mol. The summed E-state index contributed by atoms with van der Waals surface area (Å²) in [5.41, 5.74) is 2.28. The first-order valence-electron chi connectivity index (χ1n) is 10.7. The van der Waals surface area contributed by atoms with Crippen LogP contribution in [0.25, 0.3) is 0 Å². The van der Waals surface area contributed by atoms with Crippen molar-refractivity contribution in [1.29, 1.82) is 0 Å². The lowest BCUT2D eigenvalue weighted by atomic mass is 10.1. The molecular formula is C25H23N5O5. The first kappa shape index (κ1) is 23.4. The van der Waals surface area contributed by atoms with Crippen molar-refractivity contribution in [3.63, 3.8) is 0 Å². The third-order valence-corrected chi connectivity index (χ3v) is 5.35. The molecule has 0 unspecified atom stereocenters. The number of aromatic carboxylic acids is 1. The van der Waals surface area contributed by atoms with Crippen molar-refractivity contribution >= 4 is 11.7 Å². The molecule has 0 saturated heterocycles. The van der Waals surface area contributed by atoms with Gasteiger partial charge in [-0.2, -0.15) is 0 Å². The minimum absolute atomic E-state index is 0.0621. The van der Waals surface area contributed by atoms with Crippen molar-refractivity contribution < 1.29 is 14.6 Å². The number of aromatic amines is 1. The summed E-state index contributed by atoms with van der Waals surface area (Å²) in [7, 11) is 1.40. The molecule has 10 nitrogen and oxygen atoms in total. The Balaban J connectivity index is 1.71. The Morgan fingerprint density at radius 2 is 1.83 bits per heavy atom. The number of pyridine rings is 1. The average Bonchev–Trinajstić information content (AvgIpc) is 2.83. The Morgan fingerprint density at radius 3 is 2.51 bits per heavy atom. The molecule has 0 aliphatic carbocycles. The molecule has 10 heteroatoms. The number of carboxylic acids is 1. The topological polar surface area (TPSA) is 132 Å². The summed E-state index contributed by atoms with van der Waals surface area (Å²) < 4.78 is 8.13. The molecule has 2 aromatic carbocycles. The molecule has 0 amide bonds. The van der Waals surface area contributed by atoms with E-state index in [1.165, 1.54) is 29.9 Å². The zero-order valence-electron chi connectivity index (χ0n) is 19.3. The predicted molar refractivity (Wildman–Crippen MR) is 128 cm³/mol. The number of aryl methyl sites for hydroxylation is 2. The minimum Gasteiger partial charge on any atom is -0.478 e. The standard InChI is InChI=1S/C25H23N5O5/c1-15-4-6-17(7-5-15)14-30-23(28-24(33)29(3)25(30)34)27-19-8-9-20(16(2)12-19)35-21-13-18(22(31)32)10-11-26-21/h4-13H,14H2,1-3H3,(H,31,32)(H,27,28,33). The van der Waals surface area contributed by atoms with Crippen LogP contribution in [0.1, 0.15) is 27.0 Å². The molecule has 0 spiro atoms. The van der Waals surface area contributed by atoms with Gasteiger partial charge in [-0.25, -0.2) is 28.9 Å². The number of rotatable bonds is 6. The maximum Gasteiger partial charge on any atom is 0.335 e. The van der Waals surface area contributed by atoms with Gasteiger partial charge in [0.05, 0.1) is 17.8 Å². The number of nitrogens with one attached hydrogen (secondary N) is 1. The van der Waals surface area contributed by atoms with Crippen molar-refractivity contribution in [2.24, 2.45) is 12.0 Å². The van der Waals surface area contributed by atoms with Gasteiger partial charge in [0, 0.05) is 19.3 Å². The van der Waals surface area contributed by atoms with Crippen LogP contribution in [-0.4, -0.2) is 30.2 Å². The Bertz CT molecular complexity index is 1600. The first-order chi connectivity index (χ1) is 16.7. The van der Waals surface area contributed by atoms with Crippen LogP contribution in [0.15, 0.2) is 75.4 Å². The number of ether oxygens (including phenoxy) is 1. The molecule has 2 aromatic heterocycles. The molecule has 2 heterocycles. The summed E-state index contributed by atoms with van der Waals surface area (Å²) in [6.45, 7) is 4.00. The molecule has 4 aromatic rings. The maximum atomic E-state index is 12.8. The number of carbonyl (C=O) groups is 1. The van der Waals surface area contributed by atoms with Gasteiger partial charge < -0.3 is 9.84 Å². The highest BCUT2D eigenvalue weighted by Crippen LogP contribution is 2.27. The highest BCUT2D eigenvalue weighted by Gasteiger charge is 2.10. The van der Waals surface area contributed by atoms with E-state index < -0.39 is 17.3 Å². The van der Waals surface area contributed by atoms with Crippen molar-refractivity contribution in [1.82, 2.24) is 19.1 Å². The van der Waals surface area contributed by atoms with Crippen molar-refractivity contribution in [3.05, 3.63) is 110 Å². The van der Waals surface area contributed by atoms with Crippen LogP contribution in [0.3, 0.4) is 0 Å². The fourth-order valence-corrected chi connectivity index (χ4v) is 3.36. The third-order valence-electron chi connectivity index (χ3n) is 5.35. The van der Waals surface area contributed by atoms with E-state index in [0.717, 1.165) is 15.7 Å². The molecule has 0 radical (unpaired) electrons. The van der Waals surface area contributed by atoms with Crippen molar-refractivity contribution in [2.75, 3.05) is 0 Å². The third kappa shape index (κ3) is 5.27. The van der Waals surface area contributed by atoms with Gasteiger partial charge in [0.15, 0.2) is 0 Å². The van der Waals surface area contributed by atoms with Gasteiger partial charge in [-0.1, -0.05) is 29.8 Å². The van der Waals surface area contributed by atoms with Gasteiger partial charge in [-0.05, 0) is 49.2 Å². The van der Waals surface area contributed by atoms with Crippen LogP contribution >= 0.6 is 0 Å². The van der Waals surface area contributed by atoms with Crippen molar-refractivity contribution in [2.45, 2.75) is 20.4 Å². The molecule has 0 aliphatic heterocycles. The van der Waals surface area contributed by atoms with E-state index in [1.54, 1.807) is 25.1 Å². The fraction of sp³-hybridized carbons (Fsp3) is 0.160. The molecule has 0 atom stereocenters. The quantitative estimate of drug-likeness (QED) is 0.443. The highest BCUT2D eigenvalue weighted by molar-refractivity contribution is 5.87. The lowest BCUT2D eigenvalue weighted by Crippen LogP contribution is -2.48. The summed E-state index contributed by atoms with van der Waals surface area (Å²) in [5.74, 6) is -0.474. The Kier molecular flexibility index (Phi) is 6.45. The fourth-order valence-electron chi connectivity index (χ4n) is 3.36. The van der Waals surface area contributed by atoms with Gasteiger partial charge in [-0.15, -0.1) is 0 Å². The summed E-state index contributed by atoms with van der Waals surface area (Å²) >= 11 is 0. The zero-order chi connectivity index (χ0) is 25.1. The first-order valence-corrected chi connectivity index (χ1v) is 10.7. The number of hydrogen-bond donors (Lipinski definition) is 2. The van der Waals surface area contributed by atoms with Crippen LogP contribution in [0.2, 0.25) is 0 Å². The lowest BCUT2D eigenvalue weighted by molar-refractivity contribution is 0.0696. The van der Waals surface area contributed by atoms with Crippen molar-refractivity contribution in [3.8, 4) is 11.6 Å². The Hall–Kier alpha value is -4.73. The summed E-state index contributed by atoms with van der Waals surface area (Å²) in [6, 6.07) is 15.5. The van der Waals surface area contributed by atoms with Crippen LogP contribution in [0.5, 0.6) is 11.6 Å². The normalized spacial score (nSPS) is 11.5. The average molecular weight is 473 g/mol. The van der Waals surface area contributed by atoms with Gasteiger partial charge in [0.25, 0.3) is 0 Å². The number of carboxylic acid groups (broad SMARTS) is 1. The number of hydrogen-bond acceptors (Lipinski definition) is 6. The number of benzene rings is 2. The largest absolute Gasteiger partial charge is 0.478 e. The van der Waals surface area contributed by atoms with Gasteiger partial charge in [0.2, 0.25) is 11.5 Å². The molecule has 0 aliphatic rings. The zero-order valence-corrected chi connectivity index (χ0v) is 19.3. The van der Waals surface area contributed by atoms with E-state index in [-0.39, 0.29) is 23.6 Å². The van der Waals surface area contributed by atoms with E-state index >= 15 is 0 Å². The van der Waals surface area contributed by atoms with E-state index in [0.29, 0.717) is 17.0 Å². The van der Waals surface area contributed by atoms with Crippen LogP contribution in [0, 0.1) is 13.8 Å². The van der Waals surface area contributed by atoms with E-state index in [9.17, 15) is 14.4 Å². The molecule has 0 bridgehead atoms. The maximum absolute atomic E-state index is 12.8. The molecule has 35 heavy (non-hydrogen) atoms. The van der Waals surface area contributed by atoms with E-state index in [1.807, 2.05) is 31.2 Å². The predicted octanol–water partition coefficient (Wildman–Crippen LogP) is 2.66. The smallest absolute Gasteiger partial charge is 0.335 e. The molecule has 2 N–H and O–H groups in total. The van der Waals surface area contributed by atoms with Crippen LogP contribution in [0.4, 0.5) is 5.69 Å². The second-order valence-corrected chi connectivity index (χ2v) is 8.02. The van der Waals surface area contributed by atoms with Gasteiger partial charge in [-0.3, -0.25) is 9.55 Å². The second-order valence-electron chi connectivity index (χ2n) is 8.02. The molecule has 0 saturated carbocycles. The summed E-state index contributed by atoms with van der Waals surface area (Å²) in [5, 5.41) is 9.14. The highest BCUT2D eigenvalue weighted by atomic mass is 16.5. The Morgan fingerprint density at radius 1 is 1.09 bits per heavy atom. The second kappa shape index (κ2) is 9.64. The van der Waals surface area contributed by atoms with Crippen LogP contribution in [-0.2, 0) is 13.6 Å². The SMILES string of the molecule is Cc1ccc(Cn2c(=O)n(C)c(=O)[nH]/c2=N\c2ccc(Oc3cc(C(=O)O)ccn3)c(C)c2)cc1. The van der Waals surface area contributed by atoms with E-state index in [2.05, 4.69) is 15.0 Å². The minimum atomic E-state index is -1.08. The summed E-state index contributed by atoms with van der Waals surface area (Å²) in [4.78, 5) is 47.5.